The average molecular weight is 332 g/mol. The zero-order valence-corrected chi connectivity index (χ0v) is 13.3. The van der Waals surface area contributed by atoms with E-state index in [2.05, 4.69) is 11.1 Å². The number of nitrogens with one attached hydrogen (secondary N) is 1. The lowest BCUT2D eigenvalue weighted by Crippen LogP contribution is -2.25. The minimum Gasteiger partial charge on any atom is -0.510 e. The monoisotopic (exact) mass is 332 g/mol. The number of aliphatic hydroxyl groups is 1. The van der Waals surface area contributed by atoms with Crippen molar-refractivity contribution in [3.8, 4) is 6.07 Å². The van der Waals surface area contributed by atoms with E-state index in [0.29, 0.717) is 16.1 Å². The first-order chi connectivity index (χ1) is 11.7. The number of para-hydroxylation sites is 1. The number of thiazole rings is 1. The number of nitriles is 1. The van der Waals surface area contributed by atoms with Gasteiger partial charge in [0.1, 0.15) is 16.6 Å². The molecule has 116 valence electrons. The fraction of sp³-hybridized carbons (Fsp3) is 0.0556. The van der Waals surface area contributed by atoms with E-state index in [1.54, 1.807) is 29.2 Å². The van der Waals surface area contributed by atoms with Gasteiger partial charge in [-0.2, -0.15) is 5.26 Å². The van der Waals surface area contributed by atoms with Crippen molar-refractivity contribution in [3.05, 3.63) is 64.9 Å². The molecule has 4 rings (SSSR count). The number of hydrogen-bond donors (Lipinski definition) is 2. The Bertz CT molecular complexity index is 994. The third-order valence-electron chi connectivity index (χ3n) is 3.92. The van der Waals surface area contributed by atoms with E-state index in [1.165, 1.54) is 11.3 Å². The summed E-state index contributed by atoms with van der Waals surface area (Å²) in [5.74, 6) is 0.361. The first-order valence-corrected chi connectivity index (χ1v) is 8.13. The summed E-state index contributed by atoms with van der Waals surface area (Å²) in [6, 6.07) is 16.8. The van der Waals surface area contributed by atoms with Crippen molar-refractivity contribution >= 4 is 38.6 Å². The Morgan fingerprint density at radius 2 is 1.92 bits per heavy atom. The van der Waals surface area contributed by atoms with Crippen LogP contribution in [0.1, 0.15) is 10.6 Å². The van der Waals surface area contributed by atoms with Crippen LogP contribution in [-0.2, 0) is 0 Å². The molecule has 0 saturated carbocycles. The zero-order valence-electron chi connectivity index (χ0n) is 12.5. The van der Waals surface area contributed by atoms with Crippen molar-refractivity contribution in [2.24, 2.45) is 0 Å². The maximum absolute atomic E-state index is 10.4. The van der Waals surface area contributed by atoms with Crippen molar-refractivity contribution < 1.29 is 5.11 Å². The molecule has 0 bridgehead atoms. The predicted molar refractivity (Wildman–Crippen MR) is 95.4 cm³/mol. The molecule has 24 heavy (non-hydrogen) atoms. The van der Waals surface area contributed by atoms with Crippen LogP contribution in [-0.4, -0.2) is 22.5 Å². The number of rotatable bonds is 2. The summed E-state index contributed by atoms with van der Waals surface area (Å²) in [4.78, 5) is 6.25. The van der Waals surface area contributed by atoms with Gasteiger partial charge in [0.2, 0.25) is 0 Å². The van der Waals surface area contributed by atoms with Gasteiger partial charge in [0.15, 0.2) is 0 Å². The Morgan fingerprint density at radius 3 is 2.62 bits per heavy atom. The second kappa shape index (κ2) is 5.48. The van der Waals surface area contributed by atoms with Crippen molar-refractivity contribution in [1.29, 1.82) is 10.7 Å². The average Bonchev–Trinajstić information content (AvgIpc) is 3.15. The second-order valence-electron chi connectivity index (χ2n) is 5.40. The molecule has 5 nitrogen and oxygen atoms in total. The molecular weight excluding hydrogens is 320 g/mol. The zero-order chi connectivity index (χ0) is 16.7. The van der Waals surface area contributed by atoms with Crippen LogP contribution in [0.25, 0.3) is 15.8 Å². The number of aromatic nitrogens is 1. The highest BCUT2D eigenvalue weighted by Gasteiger charge is 2.31. The first-order valence-electron chi connectivity index (χ1n) is 7.32. The number of fused-ring (bicyclic) bond motifs is 1. The number of amidine groups is 1. The van der Waals surface area contributed by atoms with Crippen molar-refractivity contribution in [1.82, 2.24) is 4.98 Å². The largest absolute Gasteiger partial charge is 0.510 e. The van der Waals surface area contributed by atoms with Crippen LogP contribution in [0, 0.1) is 16.7 Å². The minimum atomic E-state index is 0.142. The predicted octanol–water partition coefficient (Wildman–Crippen LogP) is 3.93. The smallest absolute Gasteiger partial charge is 0.139 e. The number of anilines is 1. The van der Waals surface area contributed by atoms with Gasteiger partial charge in [0, 0.05) is 5.69 Å². The van der Waals surface area contributed by atoms with E-state index >= 15 is 0 Å². The Hall–Kier alpha value is -3.17. The van der Waals surface area contributed by atoms with Crippen LogP contribution < -0.4 is 4.90 Å². The van der Waals surface area contributed by atoms with Gasteiger partial charge >= 0.3 is 0 Å². The summed E-state index contributed by atoms with van der Waals surface area (Å²) >= 11 is 1.47. The maximum atomic E-state index is 10.4. The highest BCUT2D eigenvalue weighted by Crippen LogP contribution is 2.35. The quantitative estimate of drug-likeness (QED) is 0.744. The maximum Gasteiger partial charge on any atom is 0.139 e. The molecule has 0 spiro atoms. The van der Waals surface area contributed by atoms with Gasteiger partial charge in [-0.05, 0) is 36.4 Å². The molecule has 0 fully saturated rings. The molecule has 0 saturated heterocycles. The van der Waals surface area contributed by atoms with Gasteiger partial charge in [0.25, 0.3) is 0 Å². The molecule has 3 aromatic rings. The molecule has 1 aromatic heterocycles. The molecule has 1 aliphatic heterocycles. The molecule has 6 heteroatoms. The first kappa shape index (κ1) is 14.4. The number of hydrogen-bond acceptors (Lipinski definition) is 5. The number of nitrogens with zero attached hydrogens (tertiary/aromatic N) is 3. The summed E-state index contributed by atoms with van der Waals surface area (Å²) < 4.78 is 1.03. The van der Waals surface area contributed by atoms with E-state index in [9.17, 15) is 5.11 Å². The minimum absolute atomic E-state index is 0.142. The van der Waals surface area contributed by atoms with Crippen LogP contribution in [0.3, 0.4) is 0 Å². The summed E-state index contributed by atoms with van der Waals surface area (Å²) in [6.45, 7) is 0.232. The van der Waals surface area contributed by atoms with E-state index < -0.39 is 0 Å². The van der Waals surface area contributed by atoms with Crippen LogP contribution in [0.2, 0.25) is 0 Å². The molecule has 2 aromatic carbocycles. The summed E-state index contributed by atoms with van der Waals surface area (Å²) in [7, 11) is 0. The molecule has 0 unspecified atom stereocenters. The highest BCUT2D eigenvalue weighted by atomic mass is 32.1. The van der Waals surface area contributed by atoms with E-state index in [1.807, 2.05) is 24.3 Å². The topological polar surface area (TPSA) is 84.0 Å². The SMILES string of the molecule is N#Cc1ccc(N2CC(O)=C(c3nc4ccccc4s3)C2=N)cc1. The van der Waals surface area contributed by atoms with Gasteiger partial charge in [-0.25, -0.2) is 4.98 Å². The van der Waals surface area contributed by atoms with Crippen LogP contribution in [0.5, 0.6) is 0 Å². The number of aliphatic hydroxyl groups excluding tert-OH is 1. The van der Waals surface area contributed by atoms with Crippen molar-refractivity contribution in [3.63, 3.8) is 0 Å². The van der Waals surface area contributed by atoms with Gasteiger partial charge in [-0.15, -0.1) is 11.3 Å². The van der Waals surface area contributed by atoms with Gasteiger partial charge in [0.05, 0.1) is 34.0 Å². The molecule has 0 aliphatic carbocycles. The lowest BCUT2D eigenvalue weighted by Gasteiger charge is -2.18. The molecule has 0 amide bonds. The van der Waals surface area contributed by atoms with Crippen LogP contribution >= 0.6 is 11.3 Å². The second-order valence-corrected chi connectivity index (χ2v) is 6.43. The summed E-state index contributed by atoms with van der Waals surface area (Å²) in [5, 5.41) is 28.4. The standard InChI is InChI=1S/C18H12N4OS/c19-9-11-5-7-12(8-6-11)22-10-14(23)16(17(22)20)18-21-13-3-1-2-4-15(13)24-18/h1-8,20,23H,10H2. The van der Waals surface area contributed by atoms with E-state index in [0.717, 1.165) is 15.9 Å². The van der Waals surface area contributed by atoms with E-state index in [-0.39, 0.29) is 18.1 Å². The molecular formula is C18H12N4OS. The molecule has 1 aliphatic rings. The van der Waals surface area contributed by atoms with Gasteiger partial charge < -0.3 is 10.0 Å². The Balaban J connectivity index is 1.70. The Morgan fingerprint density at radius 1 is 1.17 bits per heavy atom. The Kier molecular flexibility index (Phi) is 3.29. The van der Waals surface area contributed by atoms with Crippen molar-refractivity contribution in [2.75, 3.05) is 11.4 Å². The van der Waals surface area contributed by atoms with Gasteiger partial charge in [-0.1, -0.05) is 12.1 Å². The summed E-state index contributed by atoms with van der Waals surface area (Å²) in [5.41, 5.74) is 2.66. The van der Waals surface area contributed by atoms with Crippen LogP contribution in [0.4, 0.5) is 5.69 Å². The highest BCUT2D eigenvalue weighted by molar-refractivity contribution is 7.19. The van der Waals surface area contributed by atoms with Gasteiger partial charge in [-0.3, -0.25) is 5.41 Å². The number of benzene rings is 2. The van der Waals surface area contributed by atoms with Crippen molar-refractivity contribution in [2.45, 2.75) is 0 Å². The third kappa shape index (κ3) is 2.23. The van der Waals surface area contributed by atoms with E-state index in [4.69, 9.17) is 10.7 Å². The molecule has 0 radical (unpaired) electrons. The third-order valence-corrected chi connectivity index (χ3v) is 4.97. The lowest BCUT2D eigenvalue weighted by molar-refractivity contribution is 0.411. The Labute approximate surface area is 142 Å². The molecule has 2 heterocycles. The van der Waals surface area contributed by atoms with Crippen LogP contribution in [0.15, 0.2) is 54.3 Å². The fourth-order valence-corrected chi connectivity index (χ4v) is 3.75. The lowest BCUT2D eigenvalue weighted by atomic mass is 10.2. The summed E-state index contributed by atoms with van der Waals surface area (Å²) in [6.07, 6.45) is 0. The fourth-order valence-electron chi connectivity index (χ4n) is 2.72. The normalized spacial score (nSPS) is 14.5. The molecule has 0 atom stereocenters. The molecule has 2 N–H and O–H groups in total.